The van der Waals surface area contributed by atoms with E-state index in [0.717, 1.165) is 5.56 Å². The SMILES string of the molecule is COc1ccc(C[C@@H]2[C@H](OC(=O)NCCN3CC(O)C3)[C@@H](OC(=O)OC(C)(C)C)CN2C(=O)OC(C)(C)C)cc1. The van der Waals surface area contributed by atoms with Crippen molar-refractivity contribution in [3.05, 3.63) is 29.8 Å². The third-order valence-corrected chi connectivity index (χ3v) is 6.27. The minimum atomic E-state index is -1.01. The summed E-state index contributed by atoms with van der Waals surface area (Å²) in [7, 11) is 1.57. The normalized spacial score (nSPS) is 21.8. The predicted octanol–water partition coefficient (Wildman–Crippen LogP) is 2.95. The third-order valence-electron chi connectivity index (χ3n) is 6.27. The van der Waals surface area contributed by atoms with Crippen LogP contribution in [-0.4, -0.2) is 109 Å². The Balaban J connectivity index is 1.82. The lowest BCUT2D eigenvalue weighted by atomic mass is 10.0. The summed E-state index contributed by atoms with van der Waals surface area (Å²) in [5.74, 6) is 0.673. The quantitative estimate of drug-likeness (QED) is 0.358. The van der Waals surface area contributed by atoms with Crippen molar-refractivity contribution in [2.24, 2.45) is 0 Å². The molecule has 2 amide bonds. The number of nitrogens with zero attached hydrogens (tertiary/aromatic N) is 2. The molecular weight excluding hydrogens is 522 g/mol. The molecule has 0 saturated carbocycles. The van der Waals surface area contributed by atoms with Crippen LogP contribution in [-0.2, 0) is 25.4 Å². The molecule has 0 unspecified atom stereocenters. The van der Waals surface area contributed by atoms with Crippen LogP contribution in [0.15, 0.2) is 24.3 Å². The van der Waals surface area contributed by atoms with E-state index in [-0.39, 0.29) is 12.6 Å². The molecule has 12 heteroatoms. The van der Waals surface area contributed by atoms with Crippen molar-refractivity contribution in [1.29, 1.82) is 0 Å². The molecule has 3 rings (SSSR count). The number of alkyl carbamates (subject to hydrolysis) is 1. The van der Waals surface area contributed by atoms with E-state index in [1.165, 1.54) is 4.90 Å². The van der Waals surface area contributed by atoms with Gasteiger partial charge < -0.3 is 34.1 Å². The van der Waals surface area contributed by atoms with E-state index in [4.69, 9.17) is 23.7 Å². The molecule has 2 aliphatic rings. The molecule has 40 heavy (non-hydrogen) atoms. The Morgan fingerprint density at radius 2 is 1.57 bits per heavy atom. The number of aliphatic hydroxyl groups is 1. The number of benzene rings is 1. The second-order valence-electron chi connectivity index (χ2n) is 12.1. The lowest BCUT2D eigenvalue weighted by Crippen LogP contribution is -2.53. The van der Waals surface area contributed by atoms with E-state index in [2.05, 4.69) is 5.32 Å². The molecule has 2 saturated heterocycles. The van der Waals surface area contributed by atoms with E-state index in [1.54, 1.807) is 60.8 Å². The van der Waals surface area contributed by atoms with Crippen molar-refractivity contribution >= 4 is 18.3 Å². The Morgan fingerprint density at radius 1 is 0.950 bits per heavy atom. The molecule has 12 nitrogen and oxygen atoms in total. The first kappa shape index (κ1) is 31.3. The highest BCUT2D eigenvalue weighted by Gasteiger charge is 2.50. The van der Waals surface area contributed by atoms with Gasteiger partial charge in [0.1, 0.15) is 17.0 Å². The van der Waals surface area contributed by atoms with Crippen molar-refractivity contribution in [3.63, 3.8) is 0 Å². The van der Waals surface area contributed by atoms with Crippen molar-refractivity contribution < 1.29 is 43.2 Å². The van der Waals surface area contributed by atoms with Gasteiger partial charge in [0, 0.05) is 26.2 Å². The number of rotatable bonds is 8. The number of β-amino-alcohol motifs (C(OH)–C–C–N with tert-alkyl or cyclic N) is 1. The molecule has 1 aromatic carbocycles. The van der Waals surface area contributed by atoms with E-state index in [1.807, 2.05) is 17.0 Å². The Morgan fingerprint density at radius 3 is 2.12 bits per heavy atom. The molecule has 0 radical (unpaired) electrons. The van der Waals surface area contributed by atoms with Crippen molar-refractivity contribution in [2.45, 2.75) is 83.5 Å². The molecule has 0 aromatic heterocycles. The van der Waals surface area contributed by atoms with Crippen LogP contribution in [0.3, 0.4) is 0 Å². The zero-order valence-corrected chi connectivity index (χ0v) is 24.5. The summed E-state index contributed by atoms with van der Waals surface area (Å²) >= 11 is 0. The lowest BCUT2D eigenvalue weighted by molar-refractivity contribution is -0.0520. The molecule has 2 N–H and O–H groups in total. The molecule has 0 bridgehead atoms. The smallest absolute Gasteiger partial charge is 0.497 e. The van der Waals surface area contributed by atoms with Gasteiger partial charge in [0.2, 0.25) is 0 Å². The number of ether oxygens (including phenoxy) is 5. The highest BCUT2D eigenvalue weighted by molar-refractivity contribution is 5.71. The van der Waals surface area contributed by atoms with E-state index >= 15 is 0 Å². The van der Waals surface area contributed by atoms with Crippen molar-refractivity contribution in [1.82, 2.24) is 15.1 Å². The molecule has 0 spiro atoms. The maximum Gasteiger partial charge on any atom is 0.509 e. The molecule has 224 valence electrons. The van der Waals surface area contributed by atoms with Crippen LogP contribution in [0.2, 0.25) is 0 Å². The number of likely N-dealkylation sites (tertiary alicyclic amines) is 2. The number of nitrogens with one attached hydrogen (secondary N) is 1. The zero-order valence-electron chi connectivity index (χ0n) is 24.5. The van der Waals surface area contributed by atoms with Crippen molar-refractivity contribution in [3.8, 4) is 5.75 Å². The molecule has 2 fully saturated rings. The summed E-state index contributed by atoms with van der Waals surface area (Å²) in [4.78, 5) is 42.2. The lowest BCUT2D eigenvalue weighted by Gasteiger charge is -2.35. The Bertz CT molecular complexity index is 1010. The van der Waals surface area contributed by atoms with Crippen LogP contribution < -0.4 is 10.1 Å². The number of methoxy groups -OCH3 is 1. The first-order valence-corrected chi connectivity index (χ1v) is 13.5. The summed E-state index contributed by atoms with van der Waals surface area (Å²) in [6.45, 7) is 12.3. The number of carbonyl (C=O) groups excluding carboxylic acids is 3. The topological polar surface area (TPSA) is 136 Å². The number of amides is 2. The van der Waals surface area contributed by atoms with E-state index in [9.17, 15) is 19.5 Å². The van der Waals surface area contributed by atoms with Gasteiger partial charge in [0.05, 0.1) is 25.8 Å². The van der Waals surface area contributed by atoms with Gasteiger partial charge in [-0.15, -0.1) is 0 Å². The fraction of sp³-hybridized carbons (Fsp3) is 0.679. The van der Waals surface area contributed by atoms with Crippen LogP contribution in [0, 0.1) is 0 Å². The summed E-state index contributed by atoms with van der Waals surface area (Å²) in [6.07, 6.45) is -4.32. The van der Waals surface area contributed by atoms with Gasteiger partial charge in [-0.1, -0.05) is 12.1 Å². The van der Waals surface area contributed by atoms with Crippen molar-refractivity contribution in [2.75, 3.05) is 39.8 Å². The molecule has 2 heterocycles. The van der Waals surface area contributed by atoms with Crippen LogP contribution >= 0.6 is 0 Å². The monoisotopic (exact) mass is 565 g/mol. The van der Waals surface area contributed by atoms with Gasteiger partial charge in [-0.05, 0) is 65.7 Å². The third kappa shape index (κ3) is 9.44. The van der Waals surface area contributed by atoms with Crippen LogP contribution in [0.5, 0.6) is 5.75 Å². The Labute approximate surface area is 235 Å². The second-order valence-corrected chi connectivity index (χ2v) is 12.1. The van der Waals surface area contributed by atoms with Gasteiger partial charge in [-0.25, -0.2) is 14.4 Å². The standard InChI is InChI=1S/C28H43N3O9/c1-27(2,3)39-25(34)31-17-22(37-26(35)40-28(4,5)6)23(21(31)14-18-8-10-20(36-7)11-9-18)38-24(33)29-12-13-30-15-19(32)16-30/h8-11,19,21-23,32H,12-17H2,1-7H3,(H,29,33)/t21-,22+,23+/m1/s1. The summed E-state index contributed by atoms with van der Waals surface area (Å²) in [6, 6.07) is 6.60. The molecule has 0 aliphatic carbocycles. The van der Waals surface area contributed by atoms with Gasteiger partial charge in [-0.2, -0.15) is 0 Å². The number of aliphatic hydroxyl groups excluding tert-OH is 1. The zero-order chi connectivity index (χ0) is 29.7. The maximum absolute atomic E-state index is 13.3. The van der Waals surface area contributed by atoms with Crippen LogP contribution in [0.1, 0.15) is 47.1 Å². The molecule has 2 aliphatic heterocycles. The highest BCUT2D eigenvalue weighted by atomic mass is 16.7. The molecule has 3 atom stereocenters. The summed E-state index contributed by atoms with van der Waals surface area (Å²) in [5, 5.41) is 12.2. The van der Waals surface area contributed by atoms with Gasteiger partial charge in [0.15, 0.2) is 12.2 Å². The fourth-order valence-corrected chi connectivity index (χ4v) is 4.48. The second kappa shape index (κ2) is 12.9. The van der Waals surface area contributed by atoms with Crippen LogP contribution in [0.25, 0.3) is 0 Å². The van der Waals surface area contributed by atoms with Gasteiger partial charge >= 0.3 is 18.3 Å². The average molecular weight is 566 g/mol. The van der Waals surface area contributed by atoms with E-state index < -0.39 is 47.8 Å². The highest BCUT2D eigenvalue weighted by Crippen LogP contribution is 2.30. The van der Waals surface area contributed by atoms with Crippen LogP contribution in [0.4, 0.5) is 14.4 Å². The minimum Gasteiger partial charge on any atom is -0.497 e. The number of hydrogen-bond donors (Lipinski definition) is 2. The average Bonchev–Trinajstić information content (AvgIpc) is 3.12. The summed E-state index contributed by atoms with van der Waals surface area (Å²) in [5.41, 5.74) is -0.729. The Hall–Kier alpha value is -3.25. The Kier molecular flexibility index (Phi) is 10.1. The van der Waals surface area contributed by atoms with E-state index in [0.29, 0.717) is 38.3 Å². The number of hydrogen-bond acceptors (Lipinski definition) is 10. The van der Waals surface area contributed by atoms with Gasteiger partial charge in [0.25, 0.3) is 0 Å². The molecule has 1 aromatic rings. The summed E-state index contributed by atoms with van der Waals surface area (Å²) < 4.78 is 27.7. The first-order chi connectivity index (χ1) is 18.6. The predicted molar refractivity (Wildman–Crippen MR) is 145 cm³/mol. The molecular formula is C28H43N3O9. The van der Waals surface area contributed by atoms with Gasteiger partial charge in [-0.3, -0.25) is 9.80 Å². The largest absolute Gasteiger partial charge is 0.509 e. The fourth-order valence-electron chi connectivity index (χ4n) is 4.48. The minimum absolute atomic E-state index is 0.0570. The first-order valence-electron chi connectivity index (χ1n) is 13.5. The number of carbonyl (C=O) groups is 3. The maximum atomic E-state index is 13.3.